The van der Waals surface area contributed by atoms with Gasteiger partial charge in [-0.3, -0.25) is 14.5 Å². The number of rotatable bonds is 5. The fourth-order valence-electron chi connectivity index (χ4n) is 3.43. The van der Waals surface area contributed by atoms with E-state index in [0.717, 1.165) is 22.5 Å². The van der Waals surface area contributed by atoms with Crippen LogP contribution < -0.4 is 10.5 Å². The summed E-state index contributed by atoms with van der Waals surface area (Å²) in [5.41, 5.74) is 3.81. The molecule has 0 aliphatic rings. The number of carbonyl (C=O) groups excluding carboxylic acids is 1. The molecule has 0 N–H and O–H groups in total. The van der Waals surface area contributed by atoms with Gasteiger partial charge < -0.3 is 0 Å². The monoisotopic (exact) mass is 409 g/mol. The first-order valence-corrected chi connectivity index (χ1v) is 10.2. The number of carbonyl (C=O) groups is 1. The molecular weight excluding hydrogens is 386 g/mol. The summed E-state index contributed by atoms with van der Waals surface area (Å²) in [5, 5.41) is 4.52. The summed E-state index contributed by atoms with van der Waals surface area (Å²) in [6.07, 6.45) is 0. The van der Waals surface area contributed by atoms with Crippen molar-refractivity contribution in [2.75, 3.05) is 4.90 Å². The summed E-state index contributed by atoms with van der Waals surface area (Å²) in [6, 6.07) is 29.1. The van der Waals surface area contributed by atoms with Crippen molar-refractivity contribution in [3.63, 3.8) is 0 Å². The molecule has 1 aromatic heterocycles. The van der Waals surface area contributed by atoms with Gasteiger partial charge in [0.2, 0.25) is 0 Å². The lowest BCUT2D eigenvalue weighted by molar-refractivity contribution is -0.120. The third-order valence-electron chi connectivity index (χ3n) is 5.15. The molecule has 1 amide bonds. The number of nitrogens with zero attached hydrogens (tertiary/aromatic N) is 3. The van der Waals surface area contributed by atoms with Crippen LogP contribution in [0.15, 0.2) is 102 Å². The molecule has 4 rings (SSSR count). The second kappa shape index (κ2) is 8.79. The highest BCUT2D eigenvalue weighted by Gasteiger charge is 2.26. The molecule has 5 nitrogen and oxygen atoms in total. The van der Waals surface area contributed by atoms with Crippen LogP contribution in [0, 0.1) is 6.92 Å². The molecule has 0 aliphatic carbocycles. The molecule has 0 spiro atoms. The van der Waals surface area contributed by atoms with Crippen LogP contribution in [0.25, 0.3) is 11.3 Å². The van der Waals surface area contributed by atoms with Gasteiger partial charge in [0.25, 0.3) is 11.5 Å². The highest BCUT2D eigenvalue weighted by Crippen LogP contribution is 2.28. The summed E-state index contributed by atoms with van der Waals surface area (Å²) in [7, 11) is 0. The highest BCUT2D eigenvalue weighted by molar-refractivity contribution is 6.02. The average Bonchev–Trinajstić information content (AvgIpc) is 2.81. The molecule has 4 aromatic rings. The molecule has 0 aliphatic heterocycles. The summed E-state index contributed by atoms with van der Waals surface area (Å²) in [4.78, 5) is 27.9. The second-order valence-corrected chi connectivity index (χ2v) is 7.39. The van der Waals surface area contributed by atoms with Crippen LogP contribution in [0.4, 0.5) is 11.4 Å². The topological polar surface area (TPSA) is 55.2 Å². The van der Waals surface area contributed by atoms with E-state index >= 15 is 0 Å². The maximum absolute atomic E-state index is 13.6. The lowest BCUT2D eigenvalue weighted by atomic mass is 10.1. The van der Waals surface area contributed by atoms with Crippen molar-refractivity contribution in [1.82, 2.24) is 9.78 Å². The summed E-state index contributed by atoms with van der Waals surface area (Å²) in [6.45, 7) is 3.72. The lowest BCUT2D eigenvalue weighted by Gasteiger charge is -2.26. The summed E-state index contributed by atoms with van der Waals surface area (Å²) >= 11 is 0. The van der Waals surface area contributed by atoms with Gasteiger partial charge in [-0.1, -0.05) is 66.2 Å². The van der Waals surface area contributed by atoms with E-state index < -0.39 is 6.04 Å². The molecule has 3 aromatic carbocycles. The first-order chi connectivity index (χ1) is 15.0. The van der Waals surface area contributed by atoms with Gasteiger partial charge >= 0.3 is 0 Å². The number of aryl methyl sites for hydroxylation is 1. The first kappa shape index (κ1) is 20.3. The van der Waals surface area contributed by atoms with Crippen molar-refractivity contribution in [3.05, 3.63) is 113 Å². The van der Waals surface area contributed by atoms with Crippen molar-refractivity contribution in [1.29, 1.82) is 0 Å². The van der Waals surface area contributed by atoms with Gasteiger partial charge in [-0.15, -0.1) is 0 Å². The van der Waals surface area contributed by atoms with Gasteiger partial charge in [-0.2, -0.15) is 5.10 Å². The smallest absolute Gasteiger partial charge is 0.267 e. The Balaban J connectivity index is 1.74. The molecule has 1 heterocycles. The number of amides is 1. The zero-order valence-electron chi connectivity index (χ0n) is 17.5. The number of para-hydroxylation sites is 2. The first-order valence-electron chi connectivity index (χ1n) is 10.2. The lowest BCUT2D eigenvalue weighted by Crippen LogP contribution is -2.38. The van der Waals surface area contributed by atoms with Crippen LogP contribution >= 0.6 is 0 Å². The Kier molecular flexibility index (Phi) is 5.76. The molecule has 1 atom stereocenters. The van der Waals surface area contributed by atoms with Gasteiger partial charge in [-0.25, -0.2) is 4.68 Å². The standard InChI is InChI=1S/C26H23N3O2/c1-19-13-15-21(16-14-19)24-17-18-25(30)29(27-24)20(2)26(31)28(22-9-5-3-6-10-22)23-11-7-4-8-12-23/h3-18,20H,1-2H3. The Bertz CT molecular complexity index is 1190. The van der Waals surface area contributed by atoms with Crippen molar-refractivity contribution < 1.29 is 4.79 Å². The van der Waals surface area contributed by atoms with E-state index in [1.54, 1.807) is 17.9 Å². The van der Waals surface area contributed by atoms with E-state index in [1.165, 1.54) is 10.7 Å². The Morgan fingerprint density at radius 2 is 1.35 bits per heavy atom. The van der Waals surface area contributed by atoms with E-state index in [-0.39, 0.29) is 11.5 Å². The zero-order valence-corrected chi connectivity index (χ0v) is 17.5. The summed E-state index contributed by atoms with van der Waals surface area (Å²) < 4.78 is 1.26. The van der Waals surface area contributed by atoms with E-state index in [2.05, 4.69) is 5.10 Å². The average molecular weight is 409 g/mol. The zero-order chi connectivity index (χ0) is 21.8. The van der Waals surface area contributed by atoms with Gasteiger partial charge in [0.1, 0.15) is 6.04 Å². The normalized spacial score (nSPS) is 11.7. The number of aromatic nitrogens is 2. The maximum atomic E-state index is 13.6. The molecule has 0 fully saturated rings. The number of anilines is 2. The number of hydrogen-bond donors (Lipinski definition) is 0. The molecular formula is C26H23N3O2. The quantitative estimate of drug-likeness (QED) is 0.458. The Labute approximate surface area is 181 Å². The highest BCUT2D eigenvalue weighted by atomic mass is 16.2. The Morgan fingerprint density at radius 3 is 1.90 bits per heavy atom. The Morgan fingerprint density at radius 1 is 0.806 bits per heavy atom. The fraction of sp³-hybridized carbons (Fsp3) is 0.115. The van der Waals surface area contributed by atoms with Gasteiger partial charge in [0.15, 0.2) is 0 Å². The third-order valence-corrected chi connectivity index (χ3v) is 5.15. The molecule has 1 unspecified atom stereocenters. The van der Waals surface area contributed by atoms with E-state index in [9.17, 15) is 9.59 Å². The maximum Gasteiger partial charge on any atom is 0.267 e. The summed E-state index contributed by atoms with van der Waals surface area (Å²) in [5.74, 6) is -0.243. The minimum absolute atomic E-state index is 0.243. The molecule has 0 radical (unpaired) electrons. The molecule has 154 valence electrons. The van der Waals surface area contributed by atoms with E-state index in [1.807, 2.05) is 91.9 Å². The van der Waals surface area contributed by atoms with Crippen LogP contribution in [0.3, 0.4) is 0 Å². The third kappa shape index (κ3) is 4.31. The van der Waals surface area contributed by atoms with Crippen LogP contribution in [0.5, 0.6) is 0 Å². The van der Waals surface area contributed by atoms with E-state index in [4.69, 9.17) is 0 Å². The molecule has 31 heavy (non-hydrogen) atoms. The van der Waals surface area contributed by atoms with Crippen LogP contribution in [-0.2, 0) is 4.79 Å². The van der Waals surface area contributed by atoms with Crippen LogP contribution in [0.2, 0.25) is 0 Å². The fourth-order valence-corrected chi connectivity index (χ4v) is 3.43. The largest absolute Gasteiger partial charge is 0.279 e. The van der Waals surface area contributed by atoms with E-state index in [0.29, 0.717) is 5.69 Å². The van der Waals surface area contributed by atoms with Crippen molar-refractivity contribution in [3.8, 4) is 11.3 Å². The van der Waals surface area contributed by atoms with Crippen LogP contribution in [-0.4, -0.2) is 15.7 Å². The van der Waals surface area contributed by atoms with Gasteiger partial charge in [-0.05, 0) is 44.2 Å². The van der Waals surface area contributed by atoms with Gasteiger partial charge in [0, 0.05) is 23.0 Å². The van der Waals surface area contributed by atoms with Gasteiger partial charge in [0.05, 0.1) is 5.69 Å². The Hall–Kier alpha value is -3.99. The predicted molar refractivity (Wildman–Crippen MR) is 123 cm³/mol. The van der Waals surface area contributed by atoms with Crippen LogP contribution in [0.1, 0.15) is 18.5 Å². The van der Waals surface area contributed by atoms with Crippen molar-refractivity contribution in [2.45, 2.75) is 19.9 Å². The SMILES string of the molecule is Cc1ccc(-c2ccc(=O)n(C(C)C(=O)N(c3ccccc3)c3ccccc3)n2)cc1. The predicted octanol–water partition coefficient (Wildman–Crippen LogP) is 5.14. The minimum atomic E-state index is -0.793. The molecule has 0 bridgehead atoms. The number of hydrogen-bond acceptors (Lipinski definition) is 3. The number of benzene rings is 3. The molecule has 5 heteroatoms. The van der Waals surface area contributed by atoms with Crippen molar-refractivity contribution in [2.24, 2.45) is 0 Å². The molecule has 0 saturated heterocycles. The molecule has 0 saturated carbocycles. The minimum Gasteiger partial charge on any atom is -0.279 e. The second-order valence-electron chi connectivity index (χ2n) is 7.39. The van der Waals surface area contributed by atoms with Crippen molar-refractivity contribution >= 4 is 17.3 Å².